The van der Waals surface area contributed by atoms with Crippen LogP contribution in [0.2, 0.25) is 0 Å². The molecular weight excluding hydrogens is 372 g/mol. The third-order valence-electron chi connectivity index (χ3n) is 5.10. The molecule has 0 spiro atoms. The molecule has 1 aromatic heterocycles. The van der Waals surface area contributed by atoms with Crippen LogP contribution < -0.4 is 9.47 Å². The highest BCUT2D eigenvalue weighted by Gasteiger charge is 2.13. The van der Waals surface area contributed by atoms with E-state index in [1.807, 2.05) is 55.5 Å². The van der Waals surface area contributed by atoms with E-state index < -0.39 is 0 Å². The van der Waals surface area contributed by atoms with Crippen molar-refractivity contribution in [2.24, 2.45) is 0 Å². The van der Waals surface area contributed by atoms with Gasteiger partial charge in [0.2, 0.25) is 0 Å². The third kappa shape index (κ3) is 4.23. The van der Waals surface area contributed by atoms with Gasteiger partial charge in [0.15, 0.2) is 11.5 Å². The number of aryl methyl sites for hydroxylation is 1. The molecule has 0 saturated heterocycles. The van der Waals surface area contributed by atoms with Gasteiger partial charge in [0.05, 0.1) is 18.1 Å². The van der Waals surface area contributed by atoms with Crippen molar-refractivity contribution >= 4 is 17.1 Å². The lowest BCUT2D eigenvalue weighted by Crippen LogP contribution is -2.09. The van der Waals surface area contributed by atoms with Gasteiger partial charge >= 0.3 is 0 Å². The van der Waals surface area contributed by atoms with Crippen LogP contribution in [-0.4, -0.2) is 16.7 Å². The van der Waals surface area contributed by atoms with Crippen LogP contribution in [0, 0.1) is 6.92 Å². The number of aromatic nitrogens is 2. The maximum absolute atomic E-state index is 6.14. The smallest absolute Gasteiger partial charge is 0.161 e. The standard InChI is InChI=1S/C26H26N2O2/c1-4-7-20-14-15-24(25(16-20)29-3)30-18-26-27-22-8-5-6-9-23(22)28(26)17-21-12-10-19(2)11-13-21/h4-16H,17-18H2,1-3H3/b7-4-. The predicted octanol–water partition coefficient (Wildman–Crippen LogP) is 6.01. The van der Waals surface area contributed by atoms with Crippen LogP contribution in [0.25, 0.3) is 17.1 Å². The fourth-order valence-electron chi connectivity index (χ4n) is 3.53. The van der Waals surface area contributed by atoms with Crippen molar-refractivity contribution < 1.29 is 9.47 Å². The molecule has 0 aliphatic carbocycles. The topological polar surface area (TPSA) is 36.3 Å². The predicted molar refractivity (Wildman–Crippen MR) is 122 cm³/mol. The Morgan fingerprint density at radius 3 is 2.53 bits per heavy atom. The monoisotopic (exact) mass is 398 g/mol. The number of ether oxygens (including phenoxy) is 2. The lowest BCUT2D eigenvalue weighted by Gasteiger charge is -2.13. The Morgan fingerprint density at radius 2 is 1.77 bits per heavy atom. The fraction of sp³-hybridized carbons (Fsp3) is 0.192. The second-order valence-electron chi connectivity index (χ2n) is 7.29. The van der Waals surface area contributed by atoms with Crippen LogP contribution in [0.15, 0.2) is 72.8 Å². The van der Waals surface area contributed by atoms with Crippen LogP contribution in [0.1, 0.15) is 29.4 Å². The zero-order chi connectivity index (χ0) is 20.9. The van der Waals surface area contributed by atoms with Gasteiger partial charge in [0.1, 0.15) is 12.4 Å². The molecular formula is C26H26N2O2. The molecule has 30 heavy (non-hydrogen) atoms. The van der Waals surface area contributed by atoms with Crippen molar-refractivity contribution in [3.63, 3.8) is 0 Å². The fourth-order valence-corrected chi connectivity index (χ4v) is 3.53. The van der Waals surface area contributed by atoms with Crippen LogP contribution in [0.4, 0.5) is 0 Å². The molecule has 0 bridgehead atoms. The lowest BCUT2D eigenvalue weighted by atomic mass is 10.1. The van der Waals surface area contributed by atoms with E-state index in [1.165, 1.54) is 11.1 Å². The van der Waals surface area contributed by atoms with E-state index >= 15 is 0 Å². The first-order valence-corrected chi connectivity index (χ1v) is 10.1. The highest BCUT2D eigenvalue weighted by atomic mass is 16.5. The second-order valence-corrected chi connectivity index (χ2v) is 7.29. The molecule has 4 aromatic rings. The van der Waals surface area contributed by atoms with E-state index in [0.29, 0.717) is 18.1 Å². The van der Waals surface area contributed by atoms with Gasteiger partial charge in [-0.2, -0.15) is 0 Å². The first kappa shape index (κ1) is 19.8. The summed E-state index contributed by atoms with van der Waals surface area (Å²) in [5.41, 5.74) is 5.64. The number of nitrogens with zero attached hydrogens (tertiary/aromatic N) is 2. The van der Waals surface area contributed by atoms with Crippen molar-refractivity contribution in [3.8, 4) is 11.5 Å². The van der Waals surface area contributed by atoms with Gasteiger partial charge in [-0.3, -0.25) is 0 Å². The van der Waals surface area contributed by atoms with Gasteiger partial charge in [0, 0.05) is 6.54 Å². The molecule has 0 N–H and O–H groups in total. The summed E-state index contributed by atoms with van der Waals surface area (Å²) >= 11 is 0. The van der Waals surface area contributed by atoms with Crippen LogP contribution in [0.5, 0.6) is 11.5 Å². The Hall–Kier alpha value is -3.53. The first-order chi connectivity index (χ1) is 14.7. The normalized spacial score (nSPS) is 11.3. The molecule has 0 aliphatic heterocycles. The number of allylic oxidation sites excluding steroid dienone is 1. The largest absolute Gasteiger partial charge is 0.493 e. The zero-order valence-corrected chi connectivity index (χ0v) is 17.6. The second kappa shape index (κ2) is 8.87. The molecule has 0 aliphatic rings. The molecule has 1 heterocycles. The number of para-hydroxylation sites is 2. The Balaban J connectivity index is 1.63. The van der Waals surface area contributed by atoms with Crippen molar-refractivity contribution in [1.29, 1.82) is 0 Å². The zero-order valence-electron chi connectivity index (χ0n) is 17.6. The molecule has 0 unspecified atom stereocenters. The summed E-state index contributed by atoms with van der Waals surface area (Å²) in [6.07, 6.45) is 4.04. The van der Waals surface area contributed by atoms with E-state index in [-0.39, 0.29) is 0 Å². The van der Waals surface area contributed by atoms with Crippen LogP contribution in [0.3, 0.4) is 0 Å². The molecule has 0 fully saturated rings. The Kier molecular flexibility index (Phi) is 5.84. The van der Waals surface area contributed by atoms with Crippen molar-refractivity contribution in [3.05, 3.63) is 95.3 Å². The van der Waals surface area contributed by atoms with Crippen molar-refractivity contribution in [2.75, 3.05) is 7.11 Å². The minimum absolute atomic E-state index is 0.361. The Bertz CT molecular complexity index is 1170. The van der Waals surface area contributed by atoms with E-state index in [2.05, 4.69) is 41.8 Å². The maximum Gasteiger partial charge on any atom is 0.161 e. The van der Waals surface area contributed by atoms with E-state index in [9.17, 15) is 0 Å². The van der Waals surface area contributed by atoms with Gasteiger partial charge in [-0.25, -0.2) is 4.98 Å². The minimum Gasteiger partial charge on any atom is -0.493 e. The molecule has 152 valence electrons. The average Bonchev–Trinajstić information content (AvgIpc) is 3.12. The van der Waals surface area contributed by atoms with Crippen molar-refractivity contribution in [2.45, 2.75) is 27.0 Å². The van der Waals surface area contributed by atoms with Crippen LogP contribution >= 0.6 is 0 Å². The quantitative estimate of drug-likeness (QED) is 0.382. The van der Waals surface area contributed by atoms with Gasteiger partial charge < -0.3 is 14.0 Å². The van der Waals surface area contributed by atoms with Gasteiger partial charge in [-0.15, -0.1) is 0 Å². The molecule has 4 heteroatoms. The first-order valence-electron chi connectivity index (χ1n) is 10.1. The molecule has 4 rings (SSSR count). The lowest BCUT2D eigenvalue weighted by molar-refractivity contribution is 0.273. The maximum atomic E-state index is 6.14. The summed E-state index contributed by atoms with van der Waals surface area (Å²) in [6, 6.07) is 22.8. The van der Waals surface area contributed by atoms with E-state index in [1.54, 1.807) is 7.11 Å². The van der Waals surface area contributed by atoms with Crippen molar-refractivity contribution in [1.82, 2.24) is 9.55 Å². The number of hydrogen-bond acceptors (Lipinski definition) is 3. The summed E-state index contributed by atoms with van der Waals surface area (Å²) < 4.78 is 13.9. The number of benzene rings is 3. The van der Waals surface area contributed by atoms with Crippen LogP contribution in [-0.2, 0) is 13.2 Å². The highest BCUT2D eigenvalue weighted by molar-refractivity contribution is 5.76. The Labute approximate surface area is 177 Å². The summed E-state index contributed by atoms with van der Waals surface area (Å²) in [4.78, 5) is 4.83. The average molecular weight is 399 g/mol. The summed E-state index contributed by atoms with van der Waals surface area (Å²) in [7, 11) is 1.66. The minimum atomic E-state index is 0.361. The highest BCUT2D eigenvalue weighted by Crippen LogP contribution is 2.30. The summed E-state index contributed by atoms with van der Waals surface area (Å²) in [6.45, 7) is 5.21. The van der Waals surface area contributed by atoms with Gasteiger partial charge in [-0.1, -0.05) is 60.2 Å². The van der Waals surface area contributed by atoms with Gasteiger partial charge in [-0.05, 0) is 49.2 Å². The number of rotatable bonds is 7. The number of methoxy groups -OCH3 is 1. The number of hydrogen-bond donors (Lipinski definition) is 0. The van der Waals surface area contributed by atoms with Gasteiger partial charge in [0.25, 0.3) is 0 Å². The SMILES string of the molecule is C/C=C\c1ccc(OCc2nc3ccccc3n2Cc2ccc(C)cc2)c(OC)c1. The molecule has 0 atom stereocenters. The number of imidazole rings is 1. The summed E-state index contributed by atoms with van der Waals surface area (Å²) in [5.74, 6) is 2.31. The molecule has 3 aromatic carbocycles. The molecule has 0 saturated carbocycles. The summed E-state index contributed by atoms with van der Waals surface area (Å²) in [5, 5.41) is 0. The van der Waals surface area contributed by atoms with E-state index in [4.69, 9.17) is 14.5 Å². The molecule has 4 nitrogen and oxygen atoms in total. The molecule has 0 radical (unpaired) electrons. The Morgan fingerprint density at radius 1 is 0.967 bits per heavy atom. The van der Waals surface area contributed by atoms with E-state index in [0.717, 1.165) is 29.0 Å². The number of fused-ring (bicyclic) bond motifs is 1. The third-order valence-corrected chi connectivity index (χ3v) is 5.10. The molecule has 0 amide bonds.